The summed E-state index contributed by atoms with van der Waals surface area (Å²) in [4.78, 5) is 17.5. The summed E-state index contributed by atoms with van der Waals surface area (Å²) < 4.78 is 10.6. The zero-order chi connectivity index (χ0) is 18.7. The van der Waals surface area contributed by atoms with Crippen LogP contribution in [0.5, 0.6) is 11.5 Å². The number of carbonyl (C=O) groups excluding carboxylic acids is 1. The Hall–Kier alpha value is -2.73. The van der Waals surface area contributed by atoms with Gasteiger partial charge in [-0.1, -0.05) is 12.1 Å². The molecule has 1 aliphatic rings. The number of hydrogen-bond acceptors (Lipinski definition) is 5. The minimum absolute atomic E-state index is 0.170. The first kappa shape index (κ1) is 18.1. The van der Waals surface area contributed by atoms with Gasteiger partial charge in [0.15, 0.2) is 5.17 Å². The Morgan fingerprint density at radius 1 is 1.12 bits per heavy atom. The van der Waals surface area contributed by atoms with E-state index in [1.165, 1.54) is 17.3 Å². The van der Waals surface area contributed by atoms with Crippen molar-refractivity contribution in [2.75, 3.05) is 14.2 Å². The van der Waals surface area contributed by atoms with Crippen LogP contribution < -0.4 is 14.8 Å². The molecule has 26 heavy (non-hydrogen) atoms. The van der Waals surface area contributed by atoms with Gasteiger partial charge in [-0.15, -0.1) is 0 Å². The Morgan fingerprint density at radius 3 is 2.65 bits per heavy atom. The van der Waals surface area contributed by atoms with Crippen LogP contribution in [0, 0.1) is 13.8 Å². The fourth-order valence-corrected chi connectivity index (χ4v) is 3.35. The molecule has 0 atom stereocenters. The van der Waals surface area contributed by atoms with E-state index in [1.54, 1.807) is 26.4 Å². The lowest BCUT2D eigenvalue weighted by molar-refractivity contribution is -0.115. The highest BCUT2D eigenvalue weighted by molar-refractivity contribution is 8.18. The Bertz CT molecular complexity index is 919. The maximum atomic E-state index is 12.3. The van der Waals surface area contributed by atoms with Gasteiger partial charge in [0.2, 0.25) is 0 Å². The number of nitrogens with zero attached hydrogens (tertiary/aromatic N) is 1. The topological polar surface area (TPSA) is 59.9 Å². The van der Waals surface area contributed by atoms with Crippen LogP contribution in [0.2, 0.25) is 0 Å². The van der Waals surface area contributed by atoms with Crippen molar-refractivity contribution in [3.8, 4) is 11.5 Å². The zero-order valence-corrected chi connectivity index (χ0v) is 15.9. The van der Waals surface area contributed by atoms with Crippen molar-refractivity contribution in [2.45, 2.75) is 13.8 Å². The first-order valence-electron chi connectivity index (χ1n) is 8.09. The van der Waals surface area contributed by atoms with Crippen LogP contribution in [0.1, 0.15) is 16.7 Å². The highest BCUT2D eigenvalue weighted by atomic mass is 32.2. The van der Waals surface area contributed by atoms with Crippen LogP contribution in [0.15, 0.2) is 46.3 Å². The Labute approximate surface area is 157 Å². The average molecular weight is 368 g/mol. The third kappa shape index (κ3) is 3.75. The minimum Gasteiger partial charge on any atom is -0.497 e. The maximum Gasteiger partial charge on any atom is 0.264 e. The van der Waals surface area contributed by atoms with Crippen LogP contribution >= 0.6 is 11.8 Å². The lowest BCUT2D eigenvalue weighted by Crippen LogP contribution is -2.19. The number of benzene rings is 2. The second-order valence-corrected chi connectivity index (χ2v) is 6.84. The summed E-state index contributed by atoms with van der Waals surface area (Å²) in [5, 5.41) is 3.39. The van der Waals surface area contributed by atoms with Gasteiger partial charge in [0.25, 0.3) is 5.91 Å². The monoisotopic (exact) mass is 368 g/mol. The molecule has 134 valence electrons. The Kier molecular flexibility index (Phi) is 5.32. The van der Waals surface area contributed by atoms with E-state index in [1.807, 2.05) is 44.2 Å². The number of aryl methyl sites for hydroxylation is 1. The standard InChI is InChI=1S/C20H20N2O3S/c1-12-6-5-7-16(13(12)2)21-20-22-19(23)18(26-20)10-14-8-9-15(24-3)11-17(14)25-4/h5-11H,1-4H3,(H,21,22,23). The van der Waals surface area contributed by atoms with E-state index in [2.05, 4.69) is 10.3 Å². The molecule has 3 rings (SSSR count). The molecular formula is C20H20N2O3S. The van der Waals surface area contributed by atoms with Crippen molar-refractivity contribution in [3.05, 3.63) is 58.0 Å². The highest BCUT2D eigenvalue weighted by Gasteiger charge is 2.24. The number of carbonyl (C=O) groups is 1. The van der Waals surface area contributed by atoms with E-state index in [-0.39, 0.29) is 5.91 Å². The molecule has 1 amide bonds. The van der Waals surface area contributed by atoms with Gasteiger partial charge in [0, 0.05) is 11.6 Å². The number of ether oxygens (including phenoxy) is 2. The van der Waals surface area contributed by atoms with Gasteiger partial charge in [-0.2, -0.15) is 0 Å². The van der Waals surface area contributed by atoms with Gasteiger partial charge in [-0.3, -0.25) is 4.79 Å². The van der Waals surface area contributed by atoms with E-state index in [9.17, 15) is 4.79 Å². The van der Waals surface area contributed by atoms with Gasteiger partial charge >= 0.3 is 0 Å². The maximum absolute atomic E-state index is 12.3. The number of thioether (sulfide) groups is 1. The summed E-state index contributed by atoms with van der Waals surface area (Å²) in [5.74, 6) is 1.17. The van der Waals surface area contributed by atoms with Crippen molar-refractivity contribution in [1.82, 2.24) is 5.32 Å². The normalized spacial score (nSPS) is 16.8. The van der Waals surface area contributed by atoms with Gasteiger partial charge in [-0.25, -0.2) is 4.99 Å². The highest BCUT2D eigenvalue weighted by Crippen LogP contribution is 2.33. The predicted octanol–water partition coefficient (Wildman–Crippen LogP) is 4.21. The average Bonchev–Trinajstić information content (AvgIpc) is 2.98. The predicted molar refractivity (Wildman–Crippen MR) is 106 cm³/mol. The molecule has 0 bridgehead atoms. The Morgan fingerprint density at radius 2 is 1.92 bits per heavy atom. The molecule has 0 unspecified atom stereocenters. The molecular weight excluding hydrogens is 348 g/mol. The van der Waals surface area contributed by atoms with Crippen LogP contribution in [0.3, 0.4) is 0 Å². The van der Waals surface area contributed by atoms with Crippen molar-refractivity contribution in [1.29, 1.82) is 0 Å². The summed E-state index contributed by atoms with van der Waals surface area (Å²) in [6.07, 6.45) is 1.80. The molecule has 0 aromatic heterocycles. The molecule has 1 aliphatic heterocycles. The van der Waals surface area contributed by atoms with Crippen molar-refractivity contribution >= 4 is 34.6 Å². The quantitative estimate of drug-likeness (QED) is 0.821. The van der Waals surface area contributed by atoms with E-state index in [4.69, 9.17) is 9.47 Å². The molecule has 1 heterocycles. The van der Waals surface area contributed by atoms with Crippen LogP contribution in [-0.4, -0.2) is 25.3 Å². The number of amidine groups is 1. The third-order valence-electron chi connectivity index (χ3n) is 4.18. The number of rotatable bonds is 4. The first-order valence-corrected chi connectivity index (χ1v) is 8.91. The number of amides is 1. The summed E-state index contributed by atoms with van der Waals surface area (Å²) in [6, 6.07) is 11.4. The van der Waals surface area contributed by atoms with E-state index in [0.29, 0.717) is 21.6 Å². The largest absolute Gasteiger partial charge is 0.497 e. The summed E-state index contributed by atoms with van der Waals surface area (Å²) in [7, 11) is 3.19. The molecule has 0 aliphatic carbocycles. The van der Waals surface area contributed by atoms with E-state index in [0.717, 1.165) is 16.8 Å². The molecule has 1 saturated heterocycles. The second-order valence-electron chi connectivity index (χ2n) is 5.81. The molecule has 5 nitrogen and oxygen atoms in total. The summed E-state index contributed by atoms with van der Waals surface area (Å²) >= 11 is 1.32. The molecule has 1 fully saturated rings. The fraction of sp³-hybridized carbons (Fsp3) is 0.200. The van der Waals surface area contributed by atoms with Crippen molar-refractivity contribution in [2.24, 2.45) is 4.99 Å². The molecule has 0 saturated carbocycles. The van der Waals surface area contributed by atoms with E-state index < -0.39 is 0 Å². The lowest BCUT2D eigenvalue weighted by atomic mass is 10.1. The molecule has 0 radical (unpaired) electrons. The smallest absolute Gasteiger partial charge is 0.264 e. The van der Waals surface area contributed by atoms with Gasteiger partial charge < -0.3 is 14.8 Å². The van der Waals surface area contributed by atoms with Gasteiger partial charge in [0.1, 0.15) is 11.5 Å². The number of methoxy groups -OCH3 is 2. The number of aliphatic imine (C=N–C) groups is 1. The van der Waals surface area contributed by atoms with Crippen LogP contribution in [0.4, 0.5) is 5.69 Å². The molecule has 0 spiro atoms. The fourth-order valence-electron chi connectivity index (χ4n) is 2.53. The van der Waals surface area contributed by atoms with E-state index >= 15 is 0 Å². The van der Waals surface area contributed by atoms with Crippen molar-refractivity contribution in [3.63, 3.8) is 0 Å². The third-order valence-corrected chi connectivity index (χ3v) is 5.09. The lowest BCUT2D eigenvalue weighted by Gasteiger charge is -2.07. The second kappa shape index (κ2) is 7.66. The summed E-state index contributed by atoms with van der Waals surface area (Å²) in [5.41, 5.74) is 3.93. The van der Waals surface area contributed by atoms with Crippen molar-refractivity contribution < 1.29 is 14.3 Å². The Balaban J connectivity index is 1.89. The van der Waals surface area contributed by atoms with Gasteiger partial charge in [-0.05, 0) is 61.0 Å². The number of nitrogens with one attached hydrogen (secondary N) is 1. The molecule has 2 aromatic carbocycles. The SMILES string of the molecule is COc1ccc(C=C2SC(=Nc3cccc(C)c3C)NC2=O)c(OC)c1. The zero-order valence-electron chi connectivity index (χ0n) is 15.1. The van der Waals surface area contributed by atoms with Crippen LogP contribution in [-0.2, 0) is 4.79 Å². The van der Waals surface area contributed by atoms with Crippen LogP contribution in [0.25, 0.3) is 6.08 Å². The molecule has 2 aromatic rings. The molecule has 6 heteroatoms. The van der Waals surface area contributed by atoms with Gasteiger partial charge in [0.05, 0.1) is 24.8 Å². The molecule has 1 N–H and O–H groups in total. The number of hydrogen-bond donors (Lipinski definition) is 1. The minimum atomic E-state index is -0.170. The first-order chi connectivity index (χ1) is 12.5. The summed E-state index contributed by atoms with van der Waals surface area (Å²) in [6.45, 7) is 4.07.